The molecular weight excluding hydrogens is 304 g/mol. The molecule has 0 atom stereocenters. The number of halogens is 2. The zero-order chi connectivity index (χ0) is 12.3. The molecule has 0 aliphatic heterocycles. The third-order valence-corrected chi connectivity index (χ3v) is 2.70. The lowest BCUT2D eigenvalue weighted by Crippen LogP contribution is -2.05. The van der Waals surface area contributed by atoms with Crippen LogP contribution in [0.15, 0.2) is 34.9 Å². The molecule has 0 amide bonds. The number of rotatable bonds is 3. The van der Waals surface area contributed by atoms with Crippen molar-refractivity contribution >= 4 is 39.3 Å². The highest BCUT2D eigenvalue weighted by Gasteiger charge is 2.00. The third-order valence-electron chi connectivity index (χ3n) is 2.05. The van der Waals surface area contributed by atoms with E-state index in [0.717, 1.165) is 5.56 Å². The van der Waals surface area contributed by atoms with Crippen LogP contribution in [-0.4, -0.2) is 9.97 Å². The van der Waals surface area contributed by atoms with Crippen LogP contribution in [0.3, 0.4) is 0 Å². The van der Waals surface area contributed by atoms with E-state index in [2.05, 4.69) is 31.2 Å². The number of aromatic nitrogens is 2. The van der Waals surface area contributed by atoms with Crippen molar-refractivity contribution in [2.75, 3.05) is 11.1 Å². The van der Waals surface area contributed by atoms with Gasteiger partial charge in [-0.3, -0.25) is 0 Å². The fraction of sp³-hybridized carbons (Fsp3) is 0.0909. The molecule has 0 aliphatic carbocycles. The molecule has 1 aromatic heterocycles. The van der Waals surface area contributed by atoms with Crippen LogP contribution in [0.1, 0.15) is 5.56 Å². The van der Waals surface area contributed by atoms with Gasteiger partial charge in [0.2, 0.25) is 5.95 Å². The van der Waals surface area contributed by atoms with Crippen LogP contribution in [0.2, 0.25) is 5.02 Å². The second-order valence-electron chi connectivity index (χ2n) is 3.42. The van der Waals surface area contributed by atoms with Crippen molar-refractivity contribution in [3.05, 3.63) is 45.5 Å². The molecule has 0 spiro atoms. The standard InChI is InChI=1S/C11H10BrClN4/c12-9-5-10(14)17-11(16-9)15-6-7-2-1-3-8(13)4-7/h1-5H,6H2,(H3,14,15,16,17). The van der Waals surface area contributed by atoms with Gasteiger partial charge in [-0.15, -0.1) is 0 Å². The van der Waals surface area contributed by atoms with E-state index in [1.165, 1.54) is 0 Å². The van der Waals surface area contributed by atoms with Crippen molar-refractivity contribution in [3.63, 3.8) is 0 Å². The van der Waals surface area contributed by atoms with Crippen molar-refractivity contribution < 1.29 is 0 Å². The van der Waals surface area contributed by atoms with E-state index in [1.54, 1.807) is 6.07 Å². The topological polar surface area (TPSA) is 63.8 Å². The molecule has 1 heterocycles. The highest BCUT2D eigenvalue weighted by molar-refractivity contribution is 9.10. The predicted octanol–water partition coefficient (Wildman–Crippen LogP) is 3.09. The van der Waals surface area contributed by atoms with Gasteiger partial charge in [-0.25, -0.2) is 4.98 Å². The first-order valence-electron chi connectivity index (χ1n) is 4.92. The molecule has 0 aliphatic rings. The number of anilines is 2. The van der Waals surface area contributed by atoms with Crippen LogP contribution >= 0.6 is 27.5 Å². The van der Waals surface area contributed by atoms with E-state index >= 15 is 0 Å². The Kier molecular flexibility index (Phi) is 3.81. The Labute approximate surface area is 112 Å². The van der Waals surface area contributed by atoms with Crippen LogP contribution in [-0.2, 0) is 6.54 Å². The zero-order valence-electron chi connectivity index (χ0n) is 8.82. The van der Waals surface area contributed by atoms with Gasteiger partial charge in [0.1, 0.15) is 10.4 Å². The monoisotopic (exact) mass is 312 g/mol. The molecule has 0 radical (unpaired) electrons. The lowest BCUT2D eigenvalue weighted by atomic mass is 10.2. The Morgan fingerprint density at radius 3 is 2.82 bits per heavy atom. The quantitative estimate of drug-likeness (QED) is 0.855. The molecular formula is C11H10BrClN4. The molecule has 0 saturated heterocycles. The number of hydrogen-bond acceptors (Lipinski definition) is 4. The van der Waals surface area contributed by atoms with Gasteiger partial charge in [0, 0.05) is 17.6 Å². The lowest BCUT2D eigenvalue weighted by Gasteiger charge is -2.06. The van der Waals surface area contributed by atoms with Crippen molar-refractivity contribution in [3.8, 4) is 0 Å². The molecule has 17 heavy (non-hydrogen) atoms. The number of benzene rings is 1. The van der Waals surface area contributed by atoms with Gasteiger partial charge in [-0.2, -0.15) is 4.98 Å². The molecule has 1 aromatic carbocycles. The van der Waals surface area contributed by atoms with Crippen LogP contribution in [0.25, 0.3) is 0 Å². The Hall–Kier alpha value is -1.33. The maximum Gasteiger partial charge on any atom is 0.225 e. The second kappa shape index (κ2) is 5.33. The molecule has 4 nitrogen and oxygen atoms in total. The van der Waals surface area contributed by atoms with Crippen molar-refractivity contribution in [1.29, 1.82) is 0 Å². The summed E-state index contributed by atoms with van der Waals surface area (Å²) in [6.45, 7) is 0.594. The molecule has 0 unspecified atom stereocenters. The number of nitrogen functional groups attached to an aromatic ring is 1. The summed E-state index contributed by atoms with van der Waals surface area (Å²) in [4.78, 5) is 8.22. The van der Waals surface area contributed by atoms with E-state index in [0.29, 0.717) is 27.9 Å². The van der Waals surface area contributed by atoms with Crippen LogP contribution < -0.4 is 11.1 Å². The van der Waals surface area contributed by atoms with E-state index < -0.39 is 0 Å². The van der Waals surface area contributed by atoms with E-state index in [1.807, 2.05) is 24.3 Å². The largest absolute Gasteiger partial charge is 0.383 e. The summed E-state index contributed by atoms with van der Waals surface area (Å²) in [5.74, 6) is 0.900. The first-order valence-corrected chi connectivity index (χ1v) is 6.09. The van der Waals surface area contributed by atoms with Gasteiger partial charge >= 0.3 is 0 Å². The van der Waals surface area contributed by atoms with Gasteiger partial charge < -0.3 is 11.1 Å². The summed E-state index contributed by atoms with van der Waals surface area (Å²) in [6.07, 6.45) is 0. The summed E-state index contributed by atoms with van der Waals surface area (Å²) in [6, 6.07) is 9.23. The first-order chi connectivity index (χ1) is 8.13. The maximum atomic E-state index is 5.89. The zero-order valence-corrected chi connectivity index (χ0v) is 11.2. The summed E-state index contributed by atoms with van der Waals surface area (Å²) in [5.41, 5.74) is 6.67. The highest BCUT2D eigenvalue weighted by atomic mass is 79.9. The molecule has 3 N–H and O–H groups in total. The first kappa shape index (κ1) is 12.1. The number of nitrogens with zero attached hydrogens (tertiary/aromatic N) is 2. The average molecular weight is 314 g/mol. The molecule has 0 saturated carbocycles. The normalized spacial score (nSPS) is 10.2. The minimum absolute atomic E-state index is 0.417. The second-order valence-corrected chi connectivity index (χ2v) is 4.67. The molecule has 2 aromatic rings. The Balaban J connectivity index is 2.07. The number of nitrogens with one attached hydrogen (secondary N) is 1. The van der Waals surface area contributed by atoms with Gasteiger partial charge in [-0.05, 0) is 33.6 Å². The molecule has 6 heteroatoms. The smallest absolute Gasteiger partial charge is 0.225 e. The summed E-state index contributed by atoms with van der Waals surface area (Å²) < 4.78 is 0.651. The highest BCUT2D eigenvalue weighted by Crippen LogP contribution is 2.14. The van der Waals surface area contributed by atoms with E-state index in [9.17, 15) is 0 Å². The van der Waals surface area contributed by atoms with Crippen molar-refractivity contribution in [2.45, 2.75) is 6.54 Å². The minimum atomic E-state index is 0.417. The van der Waals surface area contributed by atoms with E-state index in [-0.39, 0.29) is 0 Å². The fourth-order valence-corrected chi connectivity index (χ4v) is 1.96. The summed E-state index contributed by atoms with van der Waals surface area (Å²) >= 11 is 9.15. The number of hydrogen-bond donors (Lipinski definition) is 2. The van der Waals surface area contributed by atoms with Gasteiger partial charge in [0.05, 0.1) is 0 Å². The predicted molar refractivity (Wildman–Crippen MR) is 72.9 cm³/mol. The van der Waals surface area contributed by atoms with Crippen LogP contribution in [0.5, 0.6) is 0 Å². The van der Waals surface area contributed by atoms with Crippen molar-refractivity contribution in [2.24, 2.45) is 0 Å². The van der Waals surface area contributed by atoms with Crippen molar-refractivity contribution in [1.82, 2.24) is 9.97 Å². The Bertz CT molecular complexity index is 512. The summed E-state index contributed by atoms with van der Waals surface area (Å²) in [7, 11) is 0. The molecule has 2 rings (SSSR count). The van der Waals surface area contributed by atoms with Gasteiger partial charge in [0.25, 0.3) is 0 Å². The third kappa shape index (κ3) is 3.57. The minimum Gasteiger partial charge on any atom is -0.383 e. The SMILES string of the molecule is Nc1cc(Br)nc(NCc2cccc(Cl)c2)n1. The maximum absolute atomic E-state index is 5.89. The number of nitrogens with two attached hydrogens (primary N) is 1. The van der Waals surface area contributed by atoms with E-state index in [4.69, 9.17) is 17.3 Å². The average Bonchev–Trinajstić information content (AvgIpc) is 2.25. The van der Waals surface area contributed by atoms with Gasteiger partial charge in [0.15, 0.2) is 0 Å². The fourth-order valence-electron chi connectivity index (χ4n) is 1.34. The Morgan fingerprint density at radius 1 is 1.29 bits per heavy atom. The molecule has 88 valence electrons. The molecule has 0 fully saturated rings. The summed E-state index contributed by atoms with van der Waals surface area (Å²) in [5, 5.41) is 3.79. The Morgan fingerprint density at radius 2 is 2.12 bits per heavy atom. The lowest BCUT2D eigenvalue weighted by molar-refractivity contribution is 1.05. The van der Waals surface area contributed by atoms with Crippen LogP contribution in [0.4, 0.5) is 11.8 Å². The van der Waals surface area contributed by atoms with Crippen LogP contribution in [0, 0.1) is 0 Å². The molecule has 0 bridgehead atoms. The van der Waals surface area contributed by atoms with Gasteiger partial charge in [-0.1, -0.05) is 23.7 Å².